The van der Waals surface area contributed by atoms with Crippen molar-refractivity contribution in [2.45, 2.75) is 6.54 Å². The Hall–Kier alpha value is -3.16. The van der Waals surface area contributed by atoms with Gasteiger partial charge in [0.1, 0.15) is 5.82 Å². The van der Waals surface area contributed by atoms with Gasteiger partial charge in [-0.15, -0.1) is 0 Å². The average molecular weight is 438 g/mol. The second-order valence-electron chi connectivity index (χ2n) is 7.45. The van der Waals surface area contributed by atoms with Crippen molar-refractivity contribution < 1.29 is 9.59 Å². The first-order chi connectivity index (χ1) is 15.1. The number of nitrogens with zero attached hydrogens (tertiary/aromatic N) is 4. The number of anilines is 1. The first kappa shape index (κ1) is 21.1. The normalized spacial score (nSPS) is 14.4. The van der Waals surface area contributed by atoms with Gasteiger partial charge in [-0.05, 0) is 23.8 Å². The van der Waals surface area contributed by atoms with E-state index in [4.69, 9.17) is 11.6 Å². The van der Waals surface area contributed by atoms with E-state index in [0.717, 1.165) is 5.56 Å². The van der Waals surface area contributed by atoms with Crippen molar-refractivity contribution in [2.75, 3.05) is 38.0 Å². The minimum atomic E-state index is -0.108. The fourth-order valence-electron chi connectivity index (χ4n) is 3.61. The number of amides is 2. The molecule has 1 saturated heterocycles. The van der Waals surface area contributed by atoms with Crippen molar-refractivity contribution in [3.63, 3.8) is 0 Å². The van der Waals surface area contributed by atoms with Crippen molar-refractivity contribution in [1.29, 1.82) is 0 Å². The molecule has 0 saturated carbocycles. The lowest BCUT2D eigenvalue weighted by molar-refractivity contribution is -0.117. The van der Waals surface area contributed by atoms with Crippen LogP contribution < -0.4 is 5.32 Å². The van der Waals surface area contributed by atoms with E-state index in [1.165, 1.54) is 0 Å². The van der Waals surface area contributed by atoms with Crippen LogP contribution in [0.25, 0.3) is 0 Å². The van der Waals surface area contributed by atoms with Crippen LogP contribution in [0.4, 0.5) is 5.82 Å². The summed E-state index contributed by atoms with van der Waals surface area (Å²) < 4.78 is 1.72. The van der Waals surface area contributed by atoms with Crippen LogP contribution in [0, 0.1) is 0 Å². The summed E-state index contributed by atoms with van der Waals surface area (Å²) in [5, 5.41) is 7.89. The summed E-state index contributed by atoms with van der Waals surface area (Å²) in [5.41, 5.74) is 1.63. The van der Waals surface area contributed by atoms with Crippen molar-refractivity contribution in [1.82, 2.24) is 19.6 Å². The smallest absolute Gasteiger partial charge is 0.253 e. The van der Waals surface area contributed by atoms with Crippen LogP contribution in [0.5, 0.6) is 0 Å². The number of rotatable bonds is 6. The van der Waals surface area contributed by atoms with Gasteiger partial charge in [0.15, 0.2) is 0 Å². The minimum Gasteiger partial charge on any atom is -0.336 e. The lowest BCUT2D eigenvalue weighted by Crippen LogP contribution is -2.50. The monoisotopic (exact) mass is 437 g/mol. The summed E-state index contributed by atoms with van der Waals surface area (Å²) in [5.74, 6) is 0.555. The third-order valence-corrected chi connectivity index (χ3v) is 5.68. The SMILES string of the molecule is O=C(CN1CCN(C(=O)c2ccccc2)CC1)Nc1ccnn1Cc1ccccc1Cl. The molecule has 0 bridgehead atoms. The molecule has 0 aliphatic carbocycles. The minimum absolute atomic E-state index is 0.0353. The van der Waals surface area contributed by atoms with E-state index in [1.807, 2.05) is 59.5 Å². The Bertz CT molecular complexity index is 1040. The number of carbonyl (C=O) groups excluding carboxylic acids is 2. The topological polar surface area (TPSA) is 70.5 Å². The Morgan fingerprint density at radius 3 is 2.39 bits per heavy atom. The molecule has 31 heavy (non-hydrogen) atoms. The summed E-state index contributed by atoms with van der Waals surface area (Å²) in [4.78, 5) is 29.0. The summed E-state index contributed by atoms with van der Waals surface area (Å²) in [6.07, 6.45) is 1.65. The van der Waals surface area contributed by atoms with Crippen LogP contribution in [-0.2, 0) is 11.3 Å². The van der Waals surface area contributed by atoms with Gasteiger partial charge in [-0.2, -0.15) is 5.10 Å². The van der Waals surface area contributed by atoms with Crippen LogP contribution in [0.15, 0.2) is 66.9 Å². The predicted octanol–water partition coefficient (Wildman–Crippen LogP) is 2.98. The molecule has 3 aromatic rings. The Balaban J connectivity index is 1.28. The maximum atomic E-state index is 12.6. The quantitative estimate of drug-likeness (QED) is 0.643. The van der Waals surface area contributed by atoms with E-state index in [2.05, 4.69) is 15.3 Å². The van der Waals surface area contributed by atoms with E-state index in [9.17, 15) is 9.59 Å². The van der Waals surface area contributed by atoms with Gasteiger partial charge in [0, 0.05) is 42.8 Å². The number of piperazine rings is 1. The summed E-state index contributed by atoms with van der Waals surface area (Å²) in [6.45, 7) is 3.26. The zero-order valence-corrected chi connectivity index (χ0v) is 17.8. The molecule has 4 rings (SSSR count). The van der Waals surface area contributed by atoms with E-state index < -0.39 is 0 Å². The molecule has 160 valence electrons. The average Bonchev–Trinajstić information content (AvgIpc) is 3.22. The molecular formula is C23H24ClN5O2. The van der Waals surface area contributed by atoms with Crippen molar-refractivity contribution >= 4 is 29.2 Å². The largest absolute Gasteiger partial charge is 0.336 e. The van der Waals surface area contributed by atoms with Gasteiger partial charge in [0.05, 0.1) is 19.3 Å². The number of carbonyl (C=O) groups is 2. The predicted molar refractivity (Wildman–Crippen MR) is 120 cm³/mol. The van der Waals surface area contributed by atoms with Gasteiger partial charge in [0.25, 0.3) is 5.91 Å². The molecule has 1 aromatic heterocycles. The molecule has 1 N–H and O–H groups in total. The van der Waals surface area contributed by atoms with Crippen molar-refractivity contribution in [3.8, 4) is 0 Å². The van der Waals surface area contributed by atoms with Gasteiger partial charge >= 0.3 is 0 Å². The number of nitrogens with one attached hydrogen (secondary N) is 1. The molecule has 1 aliphatic rings. The summed E-state index contributed by atoms with van der Waals surface area (Å²) in [7, 11) is 0. The number of hydrogen-bond acceptors (Lipinski definition) is 4. The molecule has 0 unspecified atom stereocenters. The van der Waals surface area contributed by atoms with Crippen LogP contribution in [-0.4, -0.2) is 64.1 Å². The molecule has 0 radical (unpaired) electrons. The van der Waals surface area contributed by atoms with E-state index in [1.54, 1.807) is 16.9 Å². The number of benzene rings is 2. The maximum absolute atomic E-state index is 12.6. The second kappa shape index (κ2) is 9.76. The number of aromatic nitrogens is 2. The number of halogens is 1. The van der Waals surface area contributed by atoms with Gasteiger partial charge < -0.3 is 10.2 Å². The zero-order chi connectivity index (χ0) is 21.6. The highest BCUT2D eigenvalue weighted by atomic mass is 35.5. The highest BCUT2D eigenvalue weighted by Gasteiger charge is 2.23. The zero-order valence-electron chi connectivity index (χ0n) is 17.1. The second-order valence-corrected chi connectivity index (χ2v) is 7.86. The first-order valence-corrected chi connectivity index (χ1v) is 10.6. The highest BCUT2D eigenvalue weighted by Crippen LogP contribution is 2.18. The fourth-order valence-corrected chi connectivity index (χ4v) is 3.81. The van der Waals surface area contributed by atoms with Gasteiger partial charge in [-0.1, -0.05) is 48.0 Å². The van der Waals surface area contributed by atoms with E-state index >= 15 is 0 Å². The van der Waals surface area contributed by atoms with Gasteiger partial charge in [-0.25, -0.2) is 4.68 Å². The molecule has 0 spiro atoms. The third-order valence-electron chi connectivity index (χ3n) is 5.31. The molecule has 1 fully saturated rings. The van der Waals surface area contributed by atoms with Crippen LogP contribution in [0.1, 0.15) is 15.9 Å². The molecular weight excluding hydrogens is 414 g/mol. The summed E-state index contributed by atoms with van der Waals surface area (Å²) in [6, 6.07) is 18.6. The Morgan fingerprint density at radius 1 is 0.935 bits per heavy atom. The lowest BCUT2D eigenvalue weighted by Gasteiger charge is -2.34. The van der Waals surface area contributed by atoms with E-state index in [0.29, 0.717) is 49.1 Å². The van der Waals surface area contributed by atoms with Crippen molar-refractivity contribution in [2.24, 2.45) is 0 Å². The molecule has 1 aliphatic heterocycles. The molecule has 7 nitrogen and oxygen atoms in total. The van der Waals surface area contributed by atoms with Gasteiger partial charge in [0.2, 0.25) is 5.91 Å². The first-order valence-electron chi connectivity index (χ1n) is 10.2. The van der Waals surface area contributed by atoms with Crippen molar-refractivity contribution in [3.05, 3.63) is 83.0 Å². The van der Waals surface area contributed by atoms with E-state index in [-0.39, 0.29) is 18.4 Å². The molecule has 8 heteroatoms. The van der Waals surface area contributed by atoms with Crippen LogP contribution in [0.2, 0.25) is 5.02 Å². The Kier molecular flexibility index (Phi) is 6.64. The molecule has 0 atom stereocenters. The Labute approximate surface area is 186 Å². The summed E-state index contributed by atoms with van der Waals surface area (Å²) >= 11 is 6.24. The molecule has 2 aromatic carbocycles. The van der Waals surface area contributed by atoms with Gasteiger partial charge in [-0.3, -0.25) is 14.5 Å². The molecule has 2 amide bonds. The molecule has 2 heterocycles. The lowest BCUT2D eigenvalue weighted by atomic mass is 10.2. The fraction of sp³-hybridized carbons (Fsp3) is 0.261. The third kappa shape index (κ3) is 5.31. The standard InChI is InChI=1S/C23H24ClN5O2/c24-20-9-5-4-8-19(20)16-29-21(10-11-25-29)26-22(30)17-27-12-14-28(15-13-27)23(31)18-6-2-1-3-7-18/h1-11H,12-17H2,(H,26,30). The van der Waals surface area contributed by atoms with Crippen LogP contribution >= 0.6 is 11.6 Å². The number of hydrogen-bond donors (Lipinski definition) is 1. The van der Waals surface area contributed by atoms with Crippen LogP contribution in [0.3, 0.4) is 0 Å². The maximum Gasteiger partial charge on any atom is 0.253 e. The highest BCUT2D eigenvalue weighted by molar-refractivity contribution is 6.31. The Morgan fingerprint density at radius 2 is 1.65 bits per heavy atom.